The molecule has 0 saturated carbocycles. The van der Waals surface area contributed by atoms with Crippen molar-refractivity contribution in [2.45, 2.75) is 25.2 Å². The fraction of sp³-hybridized carbons (Fsp3) is 0.308. The minimum absolute atomic E-state index is 0.525. The summed E-state index contributed by atoms with van der Waals surface area (Å²) < 4.78 is 0. The van der Waals surface area contributed by atoms with Crippen molar-refractivity contribution in [3.05, 3.63) is 53.6 Å². The zero-order valence-corrected chi connectivity index (χ0v) is 8.61. The van der Waals surface area contributed by atoms with Gasteiger partial charge in [-0.25, -0.2) is 4.98 Å². The minimum Gasteiger partial charge on any atom is -0.348 e. The molecule has 1 aliphatic rings. The van der Waals surface area contributed by atoms with Crippen molar-refractivity contribution in [3.63, 3.8) is 0 Å². The monoisotopic (exact) mass is 198 g/mol. The lowest BCUT2D eigenvalue weighted by Crippen LogP contribution is -2.10. The molecule has 0 saturated heterocycles. The number of aromatic nitrogens is 2. The molecule has 1 aliphatic carbocycles. The lowest BCUT2D eigenvalue weighted by Gasteiger charge is -2.24. The van der Waals surface area contributed by atoms with E-state index in [9.17, 15) is 0 Å². The Labute approximate surface area is 89.4 Å². The maximum atomic E-state index is 4.11. The molecule has 3 rings (SSSR count). The summed E-state index contributed by atoms with van der Waals surface area (Å²) in [5, 5.41) is 0. The van der Waals surface area contributed by atoms with Crippen molar-refractivity contribution in [2.75, 3.05) is 0 Å². The predicted molar refractivity (Wildman–Crippen MR) is 59.8 cm³/mol. The topological polar surface area (TPSA) is 28.7 Å². The third kappa shape index (κ3) is 1.46. The third-order valence-corrected chi connectivity index (χ3v) is 3.26. The van der Waals surface area contributed by atoms with E-state index in [4.69, 9.17) is 0 Å². The Morgan fingerprint density at radius 3 is 3.07 bits per heavy atom. The van der Waals surface area contributed by atoms with Gasteiger partial charge in [-0.05, 0) is 30.4 Å². The number of benzene rings is 1. The average molecular weight is 198 g/mol. The first-order chi connectivity index (χ1) is 7.45. The number of hydrogen-bond donors (Lipinski definition) is 1. The van der Waals surface area contributed by atoms with E-state index in [2.05, 4.69) is 34.2 Å². The van der Waals surface area contributed by atoms with Crippen LogP contribution in [0.2, 0.25) is 0 Å². The molecule has 2 heteroatoms. The second kappa shape index (κ2) is 3.54. The van der Waals surface area contributed by atoms with Crippen LogP contribution in [0.25, 0.3) is 0 Å². The van der Waals surface area contributed by atoms with Crippen LogP contribution in [0.4, 0.5) is 0 Å². The molecule has 1 heterocycles. The Morgan fingerprint density at radius 2 is 2.20 bits per heavy atom. The molecule has 0 aliphatic heterocycles. The number of H-pyrrole nitrogens is 1. The number of hydrogen-bond acceptors (Lipinski definition) is 1. The zero-order valence-electron chi connectivity index (χ0n) is 8.61. The summed E-state index contributed by atoms with van der Waals surface area (Å²) in [4.78, 5) is 7.35. The molecule has 0 radical (unpaired) electrons. The van der Waals surface area contributed by atoms with Gasteiger partial charge in [-0.3, -0.25) is 0 Å². The second-order valence-corrected chi connectivity index (χ2v) is 4.15. The van der Waals surface area contributed by atoms with E-state index in [1.807, 2.05) is 6.20 Å². The van der Waals surface area contributed by atoms with Gasteiger partial charge >= 0.3 is 0 Å². The molecule has 1 atom stereocenters. The van der Waals surface area contributed by atoms with E-state index in [0.29, 0.717) is 5.92 Å². The SMILES string of the molecule is c1ccc2c(c1)CCCC2c1cnc[nH]1. The van der Waals surface area contributed by atoms with E-state index < -0.39 is 0 Å². The van der Waals surface area contributed by atoms with E-state index in [0.717, 1.165) is 0 Å². The molecule has 76 valence electrons. The van der Waals surface area contributed by atoms with Crippen LogP contribution in [-0.4, -0.2) is 9.97 Å². The number of nitrogens with zero attached hydrogens (tertiary/aromatic N) is 1. The van der Waals surface area contributed by atoms with Crippen LogP contribution in [0.15, 0.2) is 36.8 Å². The molecule has 1 aromatic carbocycles. The third-order valence-electron chi connectivity index (χ3n) is 3.26. The number of aryl methyl sites for hydroxylation is 1. The van der Waals surface area contributed by atoms with Gasteiger partial charge < -0.3 is 4.98 Å². The Balaban J connectivity index is 2.06. The molecule has 1 unspecified atom stereocenters. The van der Waals surface area contributed by atoms with Gasteiger partial charge in [-0.1, -0.05) is 24.3 Å². The summed E-state index contributed by atoms with van der Waals surface area (Å²) in [6.45, 7) is 0. The first-order valence-electron chi connectivity index (χ1n) is 5.51. The Bertz CT molecular complexity index is 445. The molecular formula is C13H14N2. The number of rotatable bonds is 1. The normalized spacial score (nSPS) is 19.9. The fourth-order valence-corrected chi connectivity index (χ4v) is 2.53. The van der Waals surface area contributed by atoms with Gasteiger partial charge in [0.05, 0.1) is 6.33 Å². The molecule has 2 nitrogen and oxygen atoms in total. The van der Waals surface area contributed by atoms with Crippen LogP contribution >= 0.6 is 0 Å². The number of nitrogens with one attached hydrogen (secondary N) is 1. The molecule has 15 heavy (non-hydrogen) atoms. The summed E-state index contributed by atoms with van der Waals surface area (Å²) in [6.07, 6.45) is 7.46. The van der Waals surface area contributed by atoms with Crippen molar-refractivity contribution in [1.29, 1.82) is 0 Å². The smallest absolute Gasteiger partial charge is 0.0921 e. The highest BCUT2D eigenvalue weighted by atomic mass is 14.9. The van der Waals surface area contributed by atoms with Crippen molar-refractivity contribution in [3.8, 4) is 0 Å². The number of fused-ring (bicyclic) bond motifs is 1. The summed E-state index contributed by atoms with van der Waals surface area (Å²) in [6, 6.07) is 8.76. The molecule has 2 aromatic rings. The lowest BCUT2D eigenvalue weighted by atomic mass is 9.81. The van der Waals surface area contributed by atoms with Crippen molar-refractivity contribution >= 4 is 0 Å². The maximum Gasteiger partial charge on any atom is 0.0921 e. The van der Waals surface area contributed by atoms with E-state index >= 15 is 0 Å². The molecule has 0 bridgehead atoms. The highest BCUT2D eigenvalue weighted by Gasteiger charge is 2.21. The standard InChI is InChI=1S/C13H14N2/c1-2-6-11-10(4-1)5-3-7-12(11)13-8-14-9-15-13/h1-2,4,6,8-9,12H,3,5,7H2,(H,14,15). The fourth-order valence-electron chi connectivity index (χ4n) is 2.53. The van der Waals surface area contributed by atoms with Crippen LogP contribution < -0.4 is 0 Å². The Morgan fingerprint density at radius 1 is 1.27 bits per heavy atom. The summed E-state index contributed by atoms with van der Waals surface area (Å²) in [5.74, 6) is 0.525. The van der Waals surface area contributed by atoms with Crippen LogP contribution in [0.5, 0.6) is 0 Å². The van der Waals surface area contributed by atoms with Gasteiger partial charge in [0.2, 0.25) is 0 Å². The molecule has 0 spiro atoms. The highest BCUT2D eigenvalue weighted by Crippen LogP contribution is 2.35. The Kier molecular flexibility index (Phi) is 2.05. The van der Waals surface area contributed by atoms with E-state index in [1.165, 1.54) is 36.1 Å². The molecule has 0 fully saturated rings. The summed E-state index contributed by atoms with van der Waals surface area (Å²) in [5.41, 5.74) is 4.23. The van der Waals surface area contributed by atoms with Crippen LogP contribution in [0, 0.1) is 0 Å². The van der Waals surface area contributed by atoms with Gasteiger partial charge in [0.15, 0.2) is 0 Å². The van der Waals surface area contributed by atoms with Crippen LogP contribution in [0.3, 0.4) is 0 Å². The molecule has 0 amide bonds. The van der Waals surface area contributed by atoms with Gasteiger partial charge in [0.25, 0.3) is 0 Å². The van der Waals surface area contributed by atoms with Crippen molar-refractivity contribution in [2.24, 2.45) is 0 Å². The van der Waals surface area contributed by atoms with Gasteiger partial charge in [-0.15, -0.1) is 0 Å². The Hall–Kier alpha value is -1.57. The number of imidazole rings is 1. The van der Waals surface area contributed by atoms with Crippen LogP contribution in [-0.2, 0) is 6.42 Å². The second-order valence-electron chi connectivity index (χ2n) is 4.15. The number of aromatic amines is 1. The summed E-state index contributed by atoms with van der Waals surface area (Å²) >= 11 is 0. The quantitative estimate of drug-likeness (QED) is 0.750. The molecular weight excluding hydrogens is 184 g/mol. The zero-order chi connectivity index (χ0) is 10.1. The van der Waals surface area contributed by atoms with E-state index in [1.54, 1.807) is 6.33 Å². The predicted octanol–water partition coefficient (Wildman–Crippen LogP) is 2.88. The van der Waals surface area contributed by atoms with E-state index in [-0.39, 0.29) is 0 Å². The molecule has 1 aromatic heterocycles. The molecule has 1 N–H and O–H groups in total. The van der Waals surface area contributed by atoms with Gasteiger partial charge in [0, 0.05) is 17.8 Å². The minimum atomic E-state index is 0.525. The van der Waals surface area contributed by atoms with Gasteiger partial charge in [-0.2, -0.15) is 0 Å². The van der Waals surface area contributed by atoms with Gasteiger partial charge in [0.1, 0.15) is 0 Å². The van der Waals surface area contributed by atoms with Crippen molar-refractivity contribution in [1.82, 2.24) is 9.97 Å². The maximum absolute atomic E-state index is 4.11. The first-order valence-corrected chi connectivity index (χ1v) is 5.51. The lowest BCUT2D eigenvalue weighted by molar-refractivity contribution is 0.606. The highest BCUT2D eigenvalue weighted by molar-refractivity contribution is 5.37. The first kappa shape index (κ1) is 8.72. The largest absolute Gasteiger partial charge is 0.348 e. The van der Waals surface area contributed by atoms with Crippen LogP contribution in [0.1, 0.15) is 35.6 Å². The average Bonchev–Trinajstić information content (AvgIpc) is 2.82. The summed E-state index contributed by atoms with van der Waals surface area (Å²) in [7, 11) is 0. The van der Waals surface area contributed by atoms with Crippen molar-refractivity contribution < 1.29 is 0 Å².